The number of anilines is 2. The van der Waals surface area contributed by atoms with Crippen LogP contribution in [0.4, 0.5) is 16.2 Å². The van der Waals surface area contributed by atoms with Crippen LogP contribution in [0.25, 0.3) is 11.1 Å². The van der Waals surface area contributed by atoms with Gasteiger partial charge in [-0.05, 0) is 136 Å². The van der Waals surface area contributed by atoms with Gasteiger partial charge in [0.05, 0.1) is 0 Å². The Morgan fingerprint density at radius 2 is 1.30 bits per heavy atom. The molecule has 1 spiro atoms. The first-order valence-corrected chi connectivity index (χ1v) is 22.2. The van der Waals surface area contributed by atoms with Crippen molar-refractivity contribution in [3.05, 3.63) is 138 Å². The monoisotopic (exact) mass is 821 g/mol. The molecule has 1 N–H and O–H groups in total. The number of hydrogen-bond donors (Lipinski definition) is 1. The van der Waals surface area contributed by atoms with Gasteiger partial charge < -0.3 is 34.2 Å². The normalized spacial score (nSPS) is 19.4. The molecule has 61 heavy (non-hydrogen) atoms. The summed E-state index contributed by atoms with van der Waals surface area (Å²) in [5.41, 5.74) is 9.32. The average Bonchev–Trinajstić information content (AvgIpc) is 3.25. The lowest BCUT2D eigenvalue weighted by molar-refractivity contribution is 0.0473. The maximum absolute atomic E-state index is 12.5. The second-order valence-corrected chi connectivity index (χ2v) is 18.6. The largest absolute Gasteiger partial charge is 0.473 e. The molecule has 0 unspecified atom stereocenters. The number of ether oxygens (including phenoxy) is 3. The Kier molecular flexibility index (Phi) is 12.9. The van der Waals surface area contributed by atoms with E-state index < -0.39 is 5.60 Å². The molecule has 9 heteroatoms. The summed E-state index contributed by atoms with van der Waals surface area (Å²) in [5, 5.41) is 3.11. The van der Waals surface area contributed by atoms with Crippen molar-refractivity contribution in [1.29, 1.82) is 0 Å². The number of amides is 1. The minimum atomic E-state index is -0.503. The Balaban J connectivity index is 0.861. The van der Waals surface area contributed by atoms with Crippen molar-refractivity contribution >= 4 is 17.5 Å². The SMILES string of the molecule is Cc1cc(N2CCC3(CCN(c4ccc([C@H]5C[C@@H](NC(=O)OC(C)(C)C)CN(C)C5)cc4)CC3)CC2)ccc1-c1ccc(OCc2ccccc2)nc1OCc1ccccc1. The van der Waals surface area contributed by atoms with Gasteiger partial charge in [-0.2, -0.15) is 4.98 Å². The van der Waals surface area contributed by atoms with Crippen LogP contribution >= 0.6 is 0 Å². The Morgan fingerprint density at radius 3 is 1.90 bits per heavy atom. The van der Waals surface area contributed by atoms with Gasteiger partial charge in [0.25, 0.3) is 0 Å². The minimum Gasteiger partial charge on any atom is -0.473 e. The van der Waals surface area contributed by atoms with E-state index in [1.54, 1.807) is 0 Å². The molecule has 1 aromatic heterocycles. The summed E-state index contributed by atoms with van der Waals surface area (Å²) < 4.78 is 18.1. The molecule has 1 amide bonds. The van der Waals surface area contributed by atoms with Gasteiger partial charge >= 0.3 is 6.09 Å². The highest BCUT2D eigenvalue weighted by Gasteiger charge is 2.38. The lowest BCUT2D eigenvalue weighted by atomic mass is 9.71. The first kappa shape index (κ1) is 42.2. The summed E-state index contributed by atoms with van der Waals surface area (Å²) in [6.45, 7) is 14.9. The summed E-state index contributed by atoms with van der Waals surface area (Å²) in [5.74, 6) is 1.49. The smallest absolute Gasteiger partial charge is 0.407 e. The Bertz CT molecular complexity index is 2210. The van der Waals surface area contributed by atoms with Crippen LogP contribution in [0.2, 0.25) is 0 Å². The lowest BCUT2D eigenvalue weighted by Crippen LogP contribution is -2.49. The molecule has 3 fully saturated rings. The van der Waals surface area contributed by atoms with Crippen LogP contribution in [0.3, 0.4) is 0 Å². The van der Waals surface area contributed by atoms with E-state index in [4.69, 9.17) is 19.2 Å². The van der Waals surface area contributed by atoms with Crippen molar-refractivity contribution in [3.63, 3.8) is 0 Å². The van der Waals surface area contributed by atoms with Crippen molar-refractivity contribution < 1.29 is 19.0 Å². The molecule has 0 aliphatic carbocycles. The molecule has 0 radical (unpaired) electrons. The number of piperidine rings is 3. The third-order valence-electron chi connectivity index (χ3n) is 12.9. The van der Waals surface area contributed by atoms with Gasteiger partial charge in [-0.15, -0.1) is 0 Å². The Hall–Kier alpha value is -5.54. The molecule has 8 rings (SSSR count). The number of benzene rings is 4. The van der Waals surface area contributed by atoms with E-state index in [1.165, 1.54) is 48.2 Å². The summed E-state index contributed by atoms with van der Waals surface area (Å²) >= 11 is 0. The molecule has 3 saturated heterocycles. The number of pyridine rings is 1. The highest BCUT2D eigenvalue weighted by atomic mass is 16.6. The average molecular weight is 822 g/mol. The topological polar surface area (TPSA) is 79.4 Å². The first-order chi connectivity index (χ1) is 29.5. The van der Waals surface area contributed by atoms with Crippen molar-refractivity contribution in [3.8, 4) is 22.9 Å². The predicted molar refractivity (Wildman–Crippen MR) is 246 cm³/mol. The molecule has 3 aliphatic heterocycles. The molecule has 5 aromatic rings. The molecule has 4 heterocycles. The van der Waals surface area contributed by atoms with Crippen LogP contribution in [0.15, 0.2) is 115 Å². The van der Waals surface area contributed by atoms with Crippen LogP contribution in [-0.2, 0) is 18.0 Å². The molecule has 2 atom stereocenters. The first-order valence-electron chi connectivity index (χ1n) is 22.2. The quantitative estimate of drug-likeness (QED) is 0.141. The number of hydrogen-bond acceptors (Lipinski definition) is 8. The summed E-state index contributed by atoms with van der Waals surface area (Å²) in [6.07, 6.45) is 5.49. The molecule has 3 aliphatic rings. The molecule has 4 aromatic carbocycles. The number of alkyl carbamates (subject to hydrolysis) is 1. The van der Waals surface area contributed by atoms with Gasteiger partial charge in [-0.25, -0.2) is 4.79 Å². The van der Waals surface area contributed by atoms with Crippen molar-refractivity contribution in [2.45, 2.75) is 90.6 Å². The fourth-order valence-corrected chi connectivity index (χ4v) is 9.50. The van der Waals surface area contributed by atoms with Crippen LogP contribution in [-0.4, -0.2) is 73.9 Å². The van der Waals surface area contributed by atoms with Crippen molar-refractivity contribution in [1.82, 2.24) is 15.2 Å². The number of aromatic nitrogens is 1. The van der Waals surface area contributed by atoms with Crippen LogP contribution in [0.5, 0.6) is 11.8 Å². The lowest BCUT2D eigenvalue weighted by Gasteiger charge is -2.48. The van der Waals surface area contributed by atoms with E-state index in [0.29, 0.717) is 36.3 Å². The zero-order valence-electron chi connectivity index (χ0n) is 36.7. The van der Waals surface area contributed by atoms with E-state index in [1.807, 2.05) is 63.2 Å². The van der Waals surface area contributed by atoms with Gasteiger partial charge in [-0.3, -0.25) is 0 Å². The standard InChI is InChI=1S/C52H63N5O4/c1-38-32-45(20-21-46(38)47-22-23-48(59-36-39-12-8-6-9-13-39)54-49(47)60-37-40-14-10-7-11-15-40)57-30-26-52(27-31-57)24-28-56(29-25-52)44-18-16-41(17-19-44)42-33-43(35-55(5)34-42)53-50(58)61-51(2,3)4/h6-23,32,42-43H,24-31,33-37H2,1-5H3,(H,53,58)/t42-,43+/m0/s1. The predicted octanol–water partition coefficient (Wildman–Crippen LogP) is 10.4. The number of carbonyl (C=O) groups is 1. The highest BCUT2D eigenvalue weighted by molar-refractivity contribution is 5.74. The van der Waals surface area contributed by atoms with Crippen LogP contribution in [0, 0.1) is 12.3 Å². The number of nitrogens with zero attached hydrogens (tertiary/aromatic N) is 4. The van der Waals surface area contributed by atoms with E-state index in [9.17, 15) is 4.79 Å². The van der Waals surface area contributed by atoms with Crippen LogP contribution in [0.1, 0.15) is 81.0 Å². The number of carbonyl (C=O) groups excluding carboxylic acids is 1. The van der Waals surface area contributed by atoms with Crippen molar-refractivity contribution in [2.24, 2.45) is 5.41 Å². The van der Waals surface area contributed by atoms with E-state index in [-0.39, 0.29) is 12.1 Å². The van der Waals surface area contributed by atoms with Gasteiger partial charge in [-0.1, -0.05) is 78.9 Å². The minimum absolute atomic E-state index is 0.0669. The fourth-order valence-electron chi connectivity index (χ4n) is 9.50. The fraction of sp³-hybridized carbons (Fsp3) is 0.423. The third-order valence-corrected chi connectivity index (χ3v) is 12.9. The number of nitrogens with one attached hydrogen (secondary N) is 1. The summed E-state index contributed by atoms with van der Waals surface area (Å²) in [6, 6.07) is 40.6. The second kappa shape index (κ2) is 18.6. The molecule has 320 valence electrons. The Labute approximate surface area is 363 Å². The van der Waals surface area contributed by atoms with Gasteiger partial charge in [0, 0.05) is 68.3 Å². The maximum Gasteiger partial charge on any atom is 0.407 e. The number of likely N-dealkylation sites (tertiary alicyclic amines) is 1. The molecule has 0 saturated carbocycles. The third kappa shape index (κ3) is 10.9. The zero-order chi connectivity index (χ0) is 42.4. The zero-order valence-corrected chi connectivity index (χ0v) is 36.7. The Morgan fingerprint density at radius 1 is 0.721 bits per heavy atom. The van der Waals surface area contributed by atoms with E-state index >= 15 is 0 Å². The van der Waals surface area contributed by atoms with Crippen molar-refractivity contribution in [2.75, 3.05) is 56.1 Å². The second-order valence-electron chi connectivity index (χ2n) is 18.6. The van der Waals surface area contributed by atoms with E-state index in [0.717, 1.165) is 67.9 Å². The summed E-state index contributed by atoms with van der Waals surface area (Å²) in [7, 11) is 2.14. The van der Waals surface area contributed by atoms with Gasteiger partial charge in [0.15, 0.2) is 0 Å². The molecular weight excluding hydrogens is 759 g/mol. The van der Waals surface area contributed by atoms with Gasteiger partial charge in [0.1, 0.15) is 18.8 Å². The van der Waals surface area contributed by atoms with Gasteiger partial charge in [0.2, 0.25) is 11.8 Å². The number of rotatable bonds is 11. The maximum atomic E-state index is 12.5. The highest BCUT2D eigenvalue weighted by Crippen LogP contribution is 2.44. The molecular formula is C52H63N5O4. The van der Waals surface area contributed by atoms with E-state index in [2.05, 4.69) is 107 Å². The van der Waals surface area contributed by atoms with Crippen LogP contribution < -0.4 is 24.6 Å². The number of aryl methyl sites for hydroxylation is 1. The number of likely N-dealkylation sites (N-methyl/N-ethyl adjacent to an activating group) is 1. The molecule has 9 nitrogen and oxygen atoms in total. The molecule has 0 bridgehead atoms. The summed E-state index contributed by atoms with van der Waals surface area (Å²) in [4.78, 5) is 24.9.